The number of methoxy groups -OCH3 is 1. The van der Waals surface area contributed by atoms with Gasteiger partial charge in [0.25, 0.3) is 0 Å². The van der Waals surface area contributed by atoms with Crippen LogP contribution in [0.15, 0.2) is 24.3 Å². The highest BCUT2D eigenvalue weighted by atomic mass is 16.5. The molecule has 1 aliphatic carbocycles. The van der Waals surface area contributed by atoms with Crippen molar-refractivity contribution in [3.8, 4) is 5.75 Å². The molecule has 3 rings (SSSR count). The Labute approximate surface area is 108 Å². The highest BCUT2D eigenvalue weighted by Crippen LogP contribution is 2.45. The van der Waals surface area contributed by atoms with Crippen LogP contribution in [0.25, 0.3) is 0 Å². The topological polar surface area (TPSA) is 44.5 Å². The number of para-hydroxylation sites is 1. The van der Waals surface area contributed by atoms with Crippen LogP contribution in [0.4, 0.5) is 0 Å². The van der Waals surface area contributed by atoms with Crippen molar-refractivity contribution in [1.82, 2.24) is 0 Å². The standard InChI is InChI=1S/C15H21NO2/c1-17-11-5-4-8-15(9-11)10-13(16)12-6-2-3-7-14(12)18-15/h2-3,6-7,11,13H,4-5,8-10,16H2,1H3/t11?,13-,15?/m0/s1. The largest absolute Gasteiger partial charge is 0.487 e. The third-order valence-corrected chi connectivity index (χ3v) is 4.33. The van der Waals surface area contributed by atoms with Crippen molar-refractivity contribution in [3.05, 3.63) is 29.8 Å². The number of benzene rings is 1. The second-order valence-corrected chi connectivity index (χ2v) is 5.59. The molecule has 2 N–H and O–H groups in total. The lowest BCUT2D eigenvalue weighted by molar-refractivity contribution is -0.0577. The van der Waals surface area contributed by atoms with Crippen molar-refractivity contribution in [3.63, 3.8) is 0 Å². The van der Waals surface area contributed by atoms with E-state index in [-0.39, 0.29) is 11.6 Å². The van der Waals surface area contributed by atoms with Gasteiger partial charge < -0.3 is 15.2 Å². The molecule has 0 bridgehead atoms. The average molecular weight is 247 g/mol. The summed E-state index contributed by atoms with van der Waals surface area (Å²) in [7, 11) is 1.79. The van der Waals surface area contributed by atoms with Gasteiger partial charge in [0.2, 0.25) is 0 Å². The average Bonchev–Trinajstić information content (AvgIpc) is 2.38. The number of hydrogen-bond donors (Lipinski definition) is 1. The molecule has 0 radical (unpaired) electrons. The Hall–Kier alpha value is -1.06. The SMILES string of the molecule is COC1CCCC2(C1)C[C@H](N)c1ccccc1O2. The van der Waals surface area contributed by atoms with Crippen LogP contribution in [0, 0.1) is 0 Å². The van der Waals surface area contributed by atoms with E-state index >= 15 is 0 Å². The van der Waals surface area contributed by atoms with Crippen LogP contribution >= 0.6 is 0 Å². The van der Waals surface area contributed by atoms with Gasteiger partial charge in [-0.25, -0.2) is 0 Å². The molecule has 3 atom stereocenters. The van der Waals surface area contributed by atoms with Gasteiger partial charge in [0.05, 0.1) is 6.10 Å². The Morgan fingerprint density at radius 2 is 2.17 bits per heavy atom. The molecule has 0 amide bonds. The van der Waals surface area contributed by atoms with E-state index in [9.17, 15) is 0 Å². The van der Waals surface area contributed by atoms with Crippen molar-refractivity contribution < 1.29 is 9.47 Å². The van der Waals surface area contributed by atoms with E-state index in [0.29, 0.717) is 6.10 Å². The Morgan fingerprint density at radius 3 is 3.00 bits per heavy atom. The van der Waals surface area contributed by atoms with Gasteiger partial charge in [-0.3, -0.25) is 0 Å². The molecular weight excluding hydrogens is 226 g/mol. The fourth-order valence-electron chi connectivity index (χ4n) is 3.42. The number of ether oxygens (including phenoxy) is 2. The van der Waals surface area contributed by atoms with Crippen LogP contribution in [0.2, 0.25) is 0 Å². The van der Waals surface area contributed by atoms with Gasteiger partial charge in [0, 0.05) is 31.6 Å². The lowest BCUT2D eigenvalue weighted by Gasteiger charge is -2.45. The molecule has 3 heteroatoms. The predicted octanol–water partition coefficient (Wildman–Crippen LogP) is 2.80. The lowest BCUT2D eigenvalue weighted by atomic mass is 9.76. The van der Waals surface area contributed by atoms with Crippen LogP contribution in [0.3, 0.4) is 0 Å². The predicted molar refractivity (Wildman–Crippen MR) is 70.6 cm³/mol. The zero-order valence-electron chi connectivity index (χ0n) is 10.9. The zero-order valence-corrected chi connectivity index (χ0v) is 10.9. The van der Waals surface area contributed by atoms with Gasteiger partial charge in [-0.05, 0) is 25.3 Å². The second kappa shape index (κ2) is 4.56. The summed E-state index contributed by atoms with van der Waals surface area (Å²) in [5.41, 5.74) is 7.35. The molecule has 0 saturated heterocycles. The van der Waals surface area contributed by atoms with Crippen molar-refractivity contribution in [2.24, 2.45) is 5.73 Å². The van der Waals surface area contributed by atoms with Crippen LogP contribution in [0.1, 0.15) is 43.7 Å². The minimum absolute atomic E-state index is 0.0885. The quantitative estimate of drug-likeness (QED) is 0.830. The maximum absolute atomic E-state index is 6.32. The molecule has 3 nitrogen and oxygen atoms in total. The Morgan fingerprint density at radius 1 is 1.33 bits per heavy atom. The molecule has 1 fully saturated rings. The van der Waals surface area contributed by atoms with Gasteiger partial charge in [0.15, 0.2) is 0 Å². The molecule has 1 spiro atoms. The third-order valence-electron chi connectivity index (χ3n) is 4.33. The first-order valence-electron chi connectivity index (χ1n) is 6.79. The molecule has 1 heterocycles. The van der Waals surface area contributed by atoms with E-state index in [2.05, 4.69) is 6.07 Å². The highest BCUT2D eigenvalue weighted by molar-refractivity contribution is 5.38. The number of nitrogens with two attached hydrogens (primary N) is 1. The minimum Gasteiger partial charge on any atom is -0.487 e. The summed E-state index contributed by atoms with van der Waals surface area (Å²) in [4.78, 5) is 0. The summed E-state index contributed by atoms with van der Waals surface area (Å²) >= 11 is 0. The molecule has 1 aromatic carbocycles. The normalized spacial score (nSPS) is 35.0. The molecule has 1 aromatic rings. The maximum atomic E-state index is 6.32. The summed E-state index contributed by atoms with van der Waals surface area (Å²) < 4.78 is 11.8. The summed E-state index contributed by atoms with van der Waals surface area (Å²) in [5, 5.41) is 0. The summed E-state index contributed by atoms with van der Waals surface area (Å²) in [6.07, 6.45) is 5.58. The van der Waals surface area contributed by atoms with E-state index in [0.717, 1.165) is 43.4 Å². The van der Waals surface area contributed by atoms with Crippen LogP contribution in [-0.4, -0.2) is 18.8 Å². The molecule has 18 heavy (non-hydrogen) atoms. The van der Waals surface area contributed by atoms with Crippen LogP contribution in [-0.2, 0) is 4.74 Å². The minimum atomic E-state index is -0.104. The number of rotatable bonds is 1. The third kappa shape index (κ3) is 2.02. The molecule has 2 aliphatic rings. The Balaban J connectivity index is 1.88. The van der Waals surface area contributed by atoms with Crippen molar-refractivity contribution in [2.75, 3.05) is 7.11 Å². The summed E-state index contributed by atoms with van der Waals surface area (Å²) in [6.45, 7) is 0. The zero-order chi connectivity index (χ0) is 12.6. The van der Waals surface area contributed by atoms with Crippen LogP contribution in [0.5, 0.6) is 5.75 Å². The molecular formula is C15H21NO2. The van der Waals surface area contributed by atoms with E-state index in [1.54, 1.807) is 7.11 Å². The molecule has 2 unspecified atom stereocenters. The Bertz CT molecular complexity index is 434. The smallest absolute Gasteiger partial charge is 0.124 e. The molecule has 0 aromatic heterocycles. The first kappa shape index (κ1) is 12.0. The fraction of sp³-hybridized carbons (Fsp3) is 0.600. The summed E-state index contributed by atoms with van der Waals surface area (Å²) in [5.74, 6) is 0.966. The highest BCUT2D eigenvalue weighted by Gasteiger charge is 2.43. The maximum Gasteiger partial charge on any atom is 0.124 e. The molecule has 1 saturated carbocycles. The van der Waals surface area contributed by atoms with E-state index in [1.807, 2.05) is 18.2 Å². The van der Waals surface area contributed by atoms with Gasteiger partial charge in [-0.2, -0.15) is 0 Å². The molecule has 98 valence electrons. The summed E-state index contributed by atoms with van der Waals surface area (Å²) in [6, 6.07) is 8.24. The van der Waals surface area contributed by atoms with Crippen molar-refractivity contribution >= 4 is 0 Å². The van der Waals surface area contributed by atoms with E-state index < -0.39 is 0 Å². The first-order chi connectivity index (χ1) is 8.72. The van der Waals surface area contributed by atoms with Crippen molar-refractivity contribution in [2.45, 2.75) is 49.9 Å². The Kier molecular flexibility index (Phi) is 3.04. The first-order valence-corrected chi connectivity index (χ1v) is 6.79. The van der Waals surface area contributed by atoms with E-state index in [1.165, 1.54) is 0 Å². The lowest BCUT2D eigenvalue weighted by Crippen LogP contribution is -2.48. The van der Waals surface area contributed by atoms with Gasteiger partial charge in [-0.15, -0.1) is 0 Å². The monoisotopic (exact) mass is 247 g/mol. The number of fused-ring (bicyclic) bond motifs is 1. The fourth-order valence-corrected chi connectivity index (χ4v) is 3.42. The number of hydrogen-bond acceptors (Lipinski definition) is 3. The van der Waals surface area contributed by atoms with Crippen LogP contribution < -0.4 is 10.5 Å². The van der Waals surface area contributed by atoms with Crippen molar-refractivity contribution in [1.29, 1.82) is 0 Å². The van der Waals surface area contributed by atoms with Gasteiger partial charge in [-0.1, -0.05) is 18.2 Å². The second-order valence-electron chi connectivity index (χ2n) is 5.59. The van der Waals surface area contributed by atoms with E-state index in [4.69, 9.17) is 15.2 Å². The molecule has 1 aliphatic heterocycles. The van der Waals surface area contributed by atoms with Gasteiger partial charge >= 0.3 is 0 Å². The van der Waals surface area contributed by atoms with Gasteiger partial charge in [0.1, 0.15) is 11.4 Å².